The maximum Gasteiger partial charge on any atom is 0.206 e. The van der Waals surface area contributed by atoms with E-state index < -0.39 is 22.1 Å². The number of fused-ring (bicyclic) bond motifs is 1. The standard InChI is InChI=1S/C19H21ClFN5O2S/c1-29(27,28)14-4-5-18-17(8-14)24-19(25-7-6-15(21)16(22)11-25)26(18)10-13-3-2-12(20)9-23-13/h2-5,8-9,15-16H,6-7,10-11,22H2,1H3. The van der Waals surface area contributed by atoms with Gasteiger partial charge >= 0.3 is 0 Å². The molecule has 3 heterocycles. The lowest BCUT2D eigenvalue weighted by Crippen LogP contribution is -2.50. The van der Waals surface area contributed by atoms with Crippen LogP contribution in [0.3, 0.4) is 0 Å². The highest BCUT2D eigenvalue weighted by Gasteiger charge is 2.29. The van der Waals surface area contributed by atoms with Crippen molar-refractivity contribution in [2.24, 2.45) is 5.73 Å². The van der Waals surface area contributed by atoms with Crippen LogP contribution in [0.5, 0.6) is 0 Å². The van der Waals surface area contributed by atoms with Crippen LogP contribution in [-0.4, -0.2) is 54.5 Å². The topological polar surface area (TPSA) is 94.1 Å². The number of halogens is 2. The molecule has 0 bridgehead atoms. The Balaban J connectivity index is 1.81. The van der Waals surface area contributed by atoms with Gasteiger partial charge in [-0.1, -0.05) is 11.6 Å². The largest absolute Gasteiger partial charge is 0.340 e. The summed E-state index contributed by atoms with van der Waals surface area (Å²) in [6.45, 7) is 1.22. The Kier molecular flexibility index (Phi) is 5.22. The van der Waals surface area contributed by atoms with Crippen molar-refractivity contribution in [3.05, 3.63) is 47.2 Å². The second kappa shape index (κ2) is 7.55. The predicted octanol–water partition coefficient (Wildman–Crippen LogP) is 2.41. The quantitative estimate of drug-likeness (QED) is 0.673. The van der Waals surface area contributed by atoms with Gasteiger partial charge in [-0.3, -0.25) is 4.98 Å². The van der Waals surface area contributed by atoms with Crippen molar-refractivity contribution in [2.75, 3.05) is 24.2 Å². The smallest absolute Gasteiger partial charge is 0.206 e. The number of nitrogens with zero attached hydrogens (tertiary/aromatic N) is 4. The van der Waals surface area contributed by atoms with Crippen molar-refractivity contribution in [1.29, 1.82) is 0 Å². The predicted molar refractivity (Wildman–Crippen MR) is 111 cm³/mol. The molecule has 1 aliphatic rings. The van der Waals surface area contributed by atoms with Gasteiger partial charge in [0.25, 0.3) is 0 Å². The van der Waals surface area contributed by atoms with Crippen molar-refractivity contribution < 1.29 is 12.8 Å². The molecule has 4 rings (SSSR count). The lowest BCUT2D eigenvalue weighted by Gasteiger charge is -2.34. The molecule has 0 radical (unpaired) electrons. The fourth-order valence-corrected chi connectivity index (χ4v) is 4.27. The molecule has 2 aromatic heterocycles. The van der Waals surface area contributed by atoms with Crippen LogP contribution in [0.4, 0.5) is 10.3 Å². The van der Waals surface area contributed by atoms with Gasteiger partial charge in [0.05, 0.1) is 39.2 Å². The molecule has 1 saturated heterocycles. The SMILES string of the molecule is CS(=O)(=O)c1ccc2c(c1)nc(N1CCC(F)C(N)C1)n2Cc1ccc(Cl)cn1. The lowest BCUT2D eigenvalue weighted by molar-refractivity contribution is 0.243. The number of piperidine rings is 1. The summed E-state index contributed by atoms with van der Waals surface area (Å²) in [7, 11) is -3.36. The summed E-state index contributed by atoms with van der Waals surface area (Å²) in [5.41, 5.74) is 8.02. The highest BCUT2D eigenvalue weighted by Crippen LogP contribution is 2.28. The number of rotatable bonds is 4. The van der Waals surface area contributed by atoms with E-state index in [1.165, 1.54) is 0 Å². The Morgan fingerprint density at radius 3 is 2.76 bits per heavy atom. The van der Waals surface area contributed by atoms with Crippen molar-refractivity contribution >= 4 is 38.4 Å². The van der Waals surface area contributed by atoms with E-state index >= 15 is 0 Å². The number of aromatic nitrogens is 3. The number of imidazole rings is 1. The van der Waals surface area contributed by atoms with Gasteiger partial charge in [-0.25, -0.2) is 17.8 Å². The molecular weight excluding hydrogens is 417 g/mol. The molecule has 2 unspecified atom stereocenters. The third kappa shape index (κ3) is 4.08. The molecule has 0 saturated carbocycles. The van der Waals surface area contributed by atoms with Crippen LogP contribution >= 0.6 is 11.6 Å². The highest BCUT2D eigenvalue weighted by molar-refractivity contribution is 7.90. The molecule has 1 fully saturated rings. The van der Waals surface area contributed by atoms with Crippen LogP contribution in [-0.2, 0) is 16.4 Å². The van der Waals surface area contributed by atoms with Gasteiger partial charge in [0.15, 0.2) is 9.84 Å². The number of sulfone groups is 1. The summed E-state index contributed by atoms with van der Waals surface area (Å²) in [6.07, 6.45) is 2.01. The molecule has 0 aliphatic carbocycles. The Hall–Kier alpha value is -2.23. The summed E-state index contributed by atoms with van der Waals surface area (Å²) in [5, 5.41) is 0.540. The first-order valence-electron chi connectivity index (χ1n) is 9.18. The number of benzene rings is 1. The van der Waals surface area contributed by atoms with Crippen LogP contribution < -0.4 is 10.6 Å². The van der Waals surface area contributed by atoms with E-state index in [9.17, 15) is 12.8 Å². The number of pyridine rings is 1. The van der Waals surface area contributed by atoms with Crippen molar-refractivity contribution in [3.8, 4) is 0 Å². The Bertz CT molecular complexity index is 1150. The van der Waals surface area contributed by atoms with E-state index in [0.717, 1.165) is 17.5 Å². The van der Waals surface area contributed by atoms with Crippen LogP contribution in [0.1, 0.15) is 12.1 Å². The molecule has 2 atom stereocenters. The van der Waals surface area contributed by atoms with Gasteiger partial charge in [-0.2, -0.15) is 0 Å². The van der Waals surface area contributed by atoms with Crippen LogP contribution in [0.25, 0.3) is 11.0 Å². The van der Waals surface area contributed by atoms with E-state index in [-0.39, 0.29) is 4.90 Å². The Morgan fingerprint density at radius 2 is 2.10 bits per heavy atom. The van der Waals surface area contributed by atoms with E-state index in [1.807, 2.05) is 15.5 Å². The lowest BCUT2D eigenvalue weighted by atomic mass is 10.1. The Labute approximate surface area is 173 Å². The number of hydrogen-bond donors (Lipinski definition) is 1. The average molecular weight is 438 g/mol. The fourth-order valence-electron chi connectivity index (χ4n) is 3.52. The third-order valence-corrected chi connectivity index (χ3v) is 6.42. The zero-order valence-electron chi connectivity index (χ0n) is 15.8. The second-order valence-corrected chi connectivity index (χ2v) is 9.76. The number of anilines is 1. The van der Waals surface area contributed by atoms with Gasteiger partial charge in [-0.05, 0) is 36.8 Å². The molecular formula is C19H21ClFN5O2S. The van der Waals surface area contributed by atoms with Gasteiger partial charge < -0.3 is 15.2 Å². The first-order valence-corrected chi connectivity index (χ1v) is 11.4. The zero-order chi connectivity index (χ0) is 20.8. The number of hydrogen-bond acceptors (Lipinski definition) is 6. The van der Waals surface area contributed by atoms with Crippen LogP contribution in [0.15, 0.2) is 41.4 Å². The summed E-state index contributed by atoms with van der Waals surface area (Å²) >= 11 is 5.94. The van der Waals surface area contributed by atoms with Crippen molar-refractivity contribution in [2.45, 2.75) is 30.1 Å². The number of nitrogens with two attached hydrogens (primary N) is 1. The summed E-state index contributed by atoms with van der Waals surface area (Å²) < 4.78 is 39.7. The van der Waals surface area contributed by atoms with Crippen molar-refractivity contribution in [1.82, 2.24) is 14.5 Å². The minimum Gasteiger partial charge on any atom is -0.340 e. The first-order chi connectivity index (χ1) is 13.7. The third-order valence-electron chi connectivity index (χ3n) is 5.09. The molecule has 29 heavy (non-hydrogen) atoms. The van der Waals surface area contributed by atoms with E-state index in [0.29, 0.717) is 42.5 Å². The van der Waals surface area contributed by atoms with Crippen LogP contribution in [0, 0.1) is 0 Å². The van der Waals surface area contributed by atoms with E-state index in [4.69, 9.17) is 17.3 Å². The molecule has 7 nitrogen and oxygen atoms in total. The highest BCUT2D eigenvalue weighted by atomic mass is 35.5. The maximum atomic E-state index is 13.9. The van der Waals surface area contributed by atoms with Gasteiger partial charge in [0, 0.05) is 25.5 Å². The minimum atomic E-state index is -3.36. The molecule has 154 valence electrons. The molecule has 10 heteroatoms. The van der Waals surface area contributed by atoms with Gasteiger partial charge in [-0.15, -0.1) is 0 Å². The minimum absolute atomic E-state index is 0.199. The first kappa shape index (κ1) is 20.1. The molecule has 1 aliphatic heterocycles. The van der Waals surface area contributed by atoms with Gasteiger partial charge in [0.2, 0.25) is 5.95 Å². The fraction of sp³-hybridized carbons (Fsp3) is 0.368. The summed E-state index contributed by atoms with van der Waals surface area (Å²) in [6, 6.07) is 7.84. The van der Waals surface area contributed by atoms with Crippen LogP contribution in [0.2, 0.25) is 5.02 Å². The monoisotopic (exact) mass is 437 g/mol. The molecule has 2 N–H and O–H groups in total. The normalized spacial score (nSPS) is 20.3. The molecule has 0 spiro atoms. The second-order valence-electron chi connectivity index (χ2n) is 7.30. The molecule has 1 aromatic carbocycles. The average Bonchev–Trinajstić information content (AvgIpc) is 3.03. The molecule has 0 amide bonds. The summed E-state index contributed by atoms with van der Waals surface area (Å²) in [4.78, 5) is 11.2. The molecule has 3 aromatic rings. The Morgan fingerprint density at radius 1 is 1.31 bits per heavy atom. The summed E-state index contributed by atoms with van der Waals surface area (Å²) in [5.74, 6) is 0.616. The zero-order valence-corrected chi connectivity index (χ0v) is 17.4. The van der Waals surface area contributed by atoms with E-state index in [2.05, 4.69) is 9.97 Å². The van der Waals surface area contributed by atoms with E-state index in [1.54, 1.807) is 30.5 Å². The van der Waals surface area contributed by atoms with Crippen molar-refractivity contribution in [3.63, 3.8) is 0 Å². The van der Waals surface area contributed by atoms with Gasteiger partial charge in [0.1, 0.15) is 6.17 Å². The maximum absolute atomic E-state index is 13.9. The number of alkyl halides is 1.